The lowest BCUT2D eigenvalue weighted by Gasteiger charge is -2.25. The molecule has 0 saturated carbocycles. The van der Waals surface area contributed by atoms with E-state index in [0.717, 1.165) is 0 Å². The highest BCUT2D eigenvalue weighted by atomic mass is 19.4. The highest BCUT2D eigenvalue weighted by molar-refractivity contribution is 4.98. The first-order valence-electron chi connectivity index (χ1n) is 3.20. The van der Waals surface area contributed by atoms with Crippen LogP contribution in [0, 0.1) is 24.2 Å². The van der Waals surface area contributed by atoms with Gasteiger partial charge in [0.1, 0.15) is 0 Å². The van der Waals surface area contributed by atoms with Gasteiger partial charge in [0.25, 0.3) is 0 Å². The molecule has 0 aliphatic rings. The van der Waals surface area contributed by atoms with Crippen LogP contribution < -0.4 is 0 Å². The van der Waals surface area contributed by atoms with Crippen molar-refractivity contribution in [1.82, 2.24) is 0 Å². The summed E-state index contributed by atoms with van der Waals surface area (Å²) in [7, 11) is 0. The Labute approximate surface area is 70.9 Å². The third-order valence-electron chi connectivity index (χ3n) is 1.47. The second-order valence-electron chi connectivity index (χ2n) is 2.52. The number of terminal acetylenes is 1. The summed E-state index contributed by atoms with van der Waals surface area (Å²) in [6, 6.07) is 0. The van der Waals surface area contributed by atoms with Crippen LogP contribution in [0.5, 0.6) is 0 Å². The van der Waals surface area contributed by atoms with E-state index in [1.165, 1.54) is 5.92 Å². The Bertz CT molecular complexity index is 190. The molecule has 0 aromatic rings. The molecule has 0 heterocycles. The van der Waals surface area contributed by atoms with Gasteiger partial charge in [0.2, 0.25) is 0 Å². The van der Waals surface area contributed by atoms with Crippen molar-refractivity contribution in [2.75, 3.05) is 0 Å². The van der Waals surface area contributed by atoms with Crippen LogP contribution in [0.1, 0.15) is 6.92 Å². The molecule has 13 heavy (non-hydrogen) atoms. The van der Waals surface area contributed by atoms with Gasteiger partial charge in [0.05, 0.1) is 0 Å². The second kappa shape index (κ2) is 3.48. The van der Waals surface area contributed by atoms with E-state index in [2.05, 4.69) is 6.42 Å². The van der Waals surface area contributed by atoms with Crippen LogP contribution in [0.2, 0.25) is 0 Å². The third-order valence-corrected chi connectivity index (χ3v) is 1.47. The Morgan fingerprint density at radius 3 is 1.38 bits per heavy atom. The van der Waals surface area contributed by atoms with Gasteiger partial charge in [-0.05, 0) is 0 Å². The first-order valence-corrected chi connectivity index (χ1v) is 3.20. The van der Waals surface area contributed by atoms with Crippen molar-refractivity contribution in [3.63, 3.8) is 0 Å². The molecule has 0 bridgehead atoms. The molecule has 0 aromatic carbocycles. The van der Waals surface area contributed by atoms with Crippen LogP contribution in [-0.4, -0.2) is 12.4 Å². The molecule has 0 radical (unpaired) electrons. The molecule has 6 heteroatoms. The number of alkyl halides is 6. The average Bonchev–Trinajstić information content (AvgIpc) is 1.80. The van der Waals surface area contributed by atoms with Crippen LogP contribution in [0.4, 0.5) is 26.3 Å². The fraction of sp³-hybridized carbons (Fsp3) is 0.714. The van der Waals surface area contributed by atoms with Crippen LogP contribution in [0.15, 0.2) is 0 Å². The smallest absolute Gasteiger partial charge is 0.170 e. The summed E-state index contributed by atoms with van der Waals surface area (Å²) in [5.41, 5.74) is 0. The molecule has 0 aliphatic heterocycles. The number of rotatable bonds is 1. The molecule has 1 unspecified atom stereocenters. The maximum absolute atomic E-state index is 11.8. The summed E-state index contributed by atoms with van der Waals surface area (Å²) in [4.78, 5) is 0. The average molecular weight is 204 g/mol. The monoisotopic (exact) mass is 204 g/mol. The lowest BCUT2D eigenvalue weighted by molar-refractivity contribution is -0.292. The molecular weight excluding hydrogens is 198 g/mol. The molecule has 0 fully saturated rings. The van der Waals surface area contributed by atoms with E-state index in [9.17, 15) is 26.3 Å². The van der Waals surface area contributed by atoms with Gasteiger partial charge in [-0.15, -0.1) is 12.3 Å². The predicted molar refractivity (Wildman–Crippen MR) is 33.6 cm³/mol. The summed E-state index contributed by atoms with van der Waals surface area (Å²) in [6.07, 6.45) is -6.17. The molecule has 0 spiro atoms. The summed E-state index contributed by atoms with van der Waals surface area (Å²) < 4.78 is 71.0. The highest BCUT2D eigenvalue weighted by Crippen LogP contribution is 2.43. The molecule has 0 aliphatic carbocycles. The predicted octanol–water partition coefficient (Wildman–Crippen LogP) is 3.00. The van der Waals surface area contributed by atoms with Crippen molar-refractivity contribution in [3.05, 3.63) is 0 Å². The largest absolute Gasteiger partial charge is 0.401 e. The number of halogens is 6. The van der Waals surface area contributed by atoms with Crippen LogP contribution in [0.3, 0.4) is 0 Å². The van der Waals surface area contributed by atoms with Gasteiger partial charge >= 0.3 is 12.4 Å². The van der Waals surface area contributed by atoms with E-state index in [1.54, 1.807) is 0 Å². The quantitative estimate of drug-likeness (QED) is 0.455. The third kappa shape index (κ3) is 3.17. The van der Waals surface area contributed by atoms with Crippen molar-refractivity contribution in [1.29, 1.82) is 0 Å². The van der Waals surface area contributed by atoms with Gasteiger partial charge in [0, 0.05) is 5.92 Å². The van der Waals surface area contributed by atoms with Crippen molar-refractivity contribution >= 4 is 0 Å². The number of hydrogen-bond acceptors (Lipinski definition) is 0. The van der Waals surface area contributed by atoms with Crippen molar-refractivity contribution in [2.45, 2.75) is 19.3 Å². The maximum Gasteiger partial charge on any atom is 0.401 e. The Balaban J connectivity index is 4.91. The van der Waals surface area contributed by atoms with Gasteiger partial charge in [-0.2, -0.15) is 26.3 Å². The zero-order chi connectivity index (χ0) is 10.9. The molecule has 76 valence electrons. The van der Waals surface area contributed by atoms with Gasteiger partial charge in [-0.3, -0.25) is 0 Å². The van der Waals surface area contributed by atoms with E-state index in [4.69, 9.17) is 0 Å². The van der Waals surface area contributed by atoms with E-state index in [-0.39, 0.29) is 0 Å². The minimum absolute atomic E-state index is 0.714. The standard InChI is InChI=1S/C7H6F6/c1-3-4(2)5(6(8,9)10)7(11,12)13/h1,4-5H,2H3. The zero-order valence-electron chi connectivity index (χ0n) is 6.50. The van der Waals surface area contributed by atoms with E-state index in [0.29, 0.717) is 6.92 Å². The van der Waals surface area contributed by atoms with Gasteiger partial charge in [-0.25, -0.2) is 0 Å². The summed E-state index contributed by atoms with van der Waals surface area (Å²) in [5, 5.41) is 0. The molecule has 0 saturated heterocycles. The maximum atomic E-state index is 11.8. The molecule has 0 nitrogen and oxygen atoms in total. The van der Waals surface area contributed by atoms with Crippen LogP contribution in [0.25, 0.3) is 0 Å². The summed E-state index contributed by atoms with van der Waals surface area (Å²) in [6.45, 7) is 0.714. The van der Waals surface area contributed by atoms with Gasteiger partial charge in [-0.1, -0.05) is 6.92 Å². The first-order chi connectivity index (χ1) is 5.60. The molecule has 0 aromatic heterocycles. The normalized spacial score (nSPS) is 15.6. The summed E-state index contributed by atoms with van der Waals surface area (Å²) >= 11 is 0. The minimum atomic E-state index is -5.34. The van der Waals surface area contributed by atoms with Crippen molar-refractivity contribution < 1.29 is 26.3 Å². The van der Waals surface area contributed by atoms with E-state index in [1.807, 2.05) is 0 Å². The Morgan fingerprint density at radius 2 is 1.31 bits per heavy atom. The molecule has 0 amide bonds. The number of hydrogen-bond donors (Lipinski definition) is 0. The second-order valence-corrected chi connectivity index (χ2v) is 2.52. The molecule has 0 N–H and O–H groups in total. The lowest BCUT2D eigenvalue weighted by atomic mass is 9.94. The molecule has 0 rings (SSSR count). The van der Waals surface area contributed by atoms with Gasteiger partial charge < -0.3 is 0 Å². The first kappa shape index (κ1) is 12.1. The Kier molecular flexibility index (Phi) is 3.25. The topological polar surface area (TPSA) is 0 Å². The zero-order valence-corrected chi connectivity index (χ0v) is 6.50. The molecular formula is C7H6F6. The minimum Gasteiger partial charge on any atom is -0.170 e. The SMILES string of the molecule is C#CC(C)C(C(F)(F)F)C(F)(F)F. The van der Waals surface area contributed by atoms with Crippen molar-refractivity contribution in [2.24, 2.45) is 11.8 Å². The van der Waals surface area contributed by atoms with E-state index < -0.39 is 24.2 Å². The van der Waals surface area contributed by atoms with Crippen LogP contribution in [-0.2, 0) is 0 Å². The van der Waals surface area contributed by atoms with Gasteiger partial charge in [0.15, 0.2) is 5.92 Å². The highest BCUT2D eigenvalue weighted by Gasteiger charge is 2.58. The van der Waals surface area contributed by atoms with E-state index >= 15 is 0 Å². The van der Waals surface area contributed by atoms with Crippen LogP contribution >= 0.6 is 0 Å². The summed E-state index contributed by atoms with van der Waals surface area (Å²) in [5.74, 6) is -3.90. The fourth-order valence-corrected chi connectivity index (χ4v) is 0.849. The van der Waals surface area contributed by atoms with Crippen molar-refractivity contribution in [3.8, 4) is 12.3 Å². The lowest BCUT2D eigenvalue weighted by Crippen LogP contribution is -2.40. The fourth-order valence-electron chi connectivity index (χ4n) is 0.849. The Morgan fingerprint density at radius 1 is 1.00 bits per heavy atom. The molecule has 1 atom stereocenters. The Hall–Kier alpha value is -0.860.